The van der Waals surface area contributed by atoms with Crippen LogP contribution in [-0.2, 0) is 13.6 Å². The van der Waals surface area contributed by atoms with Gasteiger partial charge in [-0.3, -0.25) is 13.9 Å². The minimum absolute atomic E-state index is 0.0704. The zero-order valence-electron chi connectivity index (χ0n) is 8.33. The highest BCUT2D eigenvalue weighted by molar-refractivity contribution is 6.29. The van der Waals surface area contributed by atoms with Gasteiger partial charge < -0.3 is 4.98 Å². The van der Waals surface area contributed by atoms with Crippen molar-refractivity contribution in [2.75, 3.05) is 5.88 Å². The van der Waals surface area contributed by atoms with Gasteiger partial charge in [0.25, 0.3) is 5.56 Å². The molecule has 0 aliphatic carbocycles. The fraction of sp³-hybridized carbons (Fsp3) is 0.375. The fourth-order valence-electron chi connectivity index (χ4n) is 1.49. The Labute approximate surface area is 99.4 Å². The lowest BCUT2D eigenvalue weighted by Crippen LogP contribution is -2.38. The summed E-state index contributed by atoms with van der Waals surface area (Å²) in [5, 5.41) is 0.0704. The molecule has 0 spiro atoms. The largest absolute Gasteiger partial charge is 0.332 e. The van der Waals surface area contributed by atoms with Gasteiger partial charge in [-0.2, -0.15) is 4.98 Å². The molecule has 8 heteroatoms. The van der Waals surface area contributed by atoms with E-state index in [1.165, 1.54) is 11.6 Å². The van der Waals surface area contributed by atoms with E-state index in [1.807, 2.05) is 0 Å². The monoisotopic (exact) mass is 262 g/mol. The van der Waals surface area contributed by atoms with Gasteiger partial charge in [0.1, 0.15) is 0 Å². The predicted molar refractivity (Wildman–Crippen MR) is 61.3 cm³/mol. The number of imidazole rings is 1. The van der Waals surface area contributed by atoms with Crippen LogP contribution in [0.3, 0.4) is 0 Å². The Bertz CT molecular complexity index is 654. The topological polar surface area (TPSA) is 72.7 Å². The molecular formula is C8H8Cl2N4O2. The van der Waals surface area contributed by atoms with Crippen LogP contribution in [0, 0.1) is 0 Å². The molecule has 0 atom stereocenters. The Hall–Kier alpha value is -1.27. The van der Waals surface area contributed by atoms with Gasteiger partial charge in [0.2, 0.25) is 5.28 Å². The SMILES string of the molecule is Cn1c(=O)c2[nH]c(Cl)nc2n(CCCl)c1=O. The number of hydrogen-bond donors (Lipinski definition) is 1. The smallest absolute Gasteiger partial charge is 0.323 e. The molecular weight excluding hydrogens is 255 g/mol. The average Bonchev–Trinajstić information content (AvgIpc) is 2.63. The molecule has 2 heterocycles. The predicted octanol–water partition coefficient (Wildman–Crippen LogP) is 0.315. The molecule has 0 unspecified atom stereocenters. The molecule has 0 amide bonds. The first-order valence-electron chi connectivity index (χ1n) is 4.47. The third kappa shape index (κ3) is 1.54. The number of fused-ring (bicyclic) bond motifs is 1. The minimum Gasteiger partial charge on any atom is -0.323 e. The van der Waals surface area contributed by atoms with Gasteiger partial charge >= 0.3 is 5.69 Å². The molecule has 0 fully saturated rings. The normalized spacial score (nSPS) is 11.2. The quantitative estimate of drug-likeness (QED) is 0.626. The van der Waals surface area contributed by atoms with Crippen LogP contribution in [0.5, 0.6) is 0 Å². The zero-order chi connectivity index (χ0) is 11.9. The molecule has 0 bridgehead atoms. The number of H-pyrrole nitrogens is 1. The van der Waals surface area contributed by atoms with Crippen molar-refractivity contribution in [1.29, 1.82) is 0 Å². The molecule has 2 aromatic heterocycles. The van der Waals surface area contributed by atoms with E-state index in [0.29, 0.717) is 0 Å². The maximum Gasteiger partial charge on any atom is 0.332 e. The number of aryl methyl sites for hydroxylation is 1. The summed E-state index contributed by atoms with van der Waals surface area (Å²) in [5.74, 6) is 0.248. The van der Waals surface area contributed by atoms with Gasteiger partial charge in [0.15, 0.2) is 11.2 Å². The summed E-state index contributed by atoms with van der Waals surface area (Å²) in [4.78, 5) is 30.0. The van der Waals surface area contributed by atoms with Crippen molar-refractivity contribution in [3.63, 3.8) is 0 Å². The average molecular weight is 263 g/mol. The van der Waals surface area contributed by atoms with Crippen molar-refractivity contribution >= 4 is 34.4 Å². The summed E-state index contributed by atoms with van der Waals surface area (Å²) in [7, 11) is 1.39. The number of halogens is 2. The standard InChI is InChI=1S/C8H8Cl2N4O2/c1-13-6(15)4-5(12-7(10)11-4)14(3-2-9)8(13)16/h2-3H2,1H3,(H,11,12). The first-order chi connectivity index (χ1) is 7.56. The van der Waals surface area contributed by atoms with Crippen LogP contribution in [0.25, 0.3) is 11.2 Å². The van der Waals surface area contributed by atoms with Crippen molar-refractivity contribution in [3.8, 4) is 0 Å². The number of aromatic nitrogens is 4. The van der Waals surface area contributed by atoms with E-state index in [4.69, 9.17) is 23.2 Å². The van der Waals surface area contributed by atoms with E-state index in [1.54, 1.807) is 0 Å². The third-order valence-electron chi connectivity index (χ3n) is 2.26. The number of alkyl halides is 1. The molecule has 0 saturated heterocycles. The lowest BCUT2D eigenvalue weighted by Gasteiger charge is -2.05. The second kappa shape index (κ2) is 3.95. The molecule has 16 heavy (non-hydrogen) atoms. The molecule has 2 rings (SSSR count). The van der Waals surface area contributed by atoms with Crippen molar-refractivity contribution in [2.24, 2.45) is 7.05 Å². The summed E-state index contributed by atoms with van der Waals surface area (Å²) in [6, 6.07) is 0. The van der Waals surface area contributed by atoms with Crippen LogP contribution in [0.15, 0.2) is 9.59 Å². The van der Waals surface area contributed by atoms with E-state index in [2.05, 4.69) is 9.97 Å². The Morgan fingerprint density at radius 3 is 2.75 bits per heavy atom. The number of nitrogens with zero attached hydrogens (tertiary/aromatic N) is 3. The van der Waals surface area contributed by atoms with Gasteiger partial charge in [-0.05, 0) is 11.6 Å². The van der Waals surface area contributed by atoms with Crippen molar-refractivity contribution in [2.45, 2.75) is 6.54 Å². The zero-order valence-corrected chi connectivity index (χ0v) is 9.84. The molecule has 0 saturated carbocycles. The summed E-state index contributed by atoms with van der Waals surface area (Å²) in [6.45, 7) is 0.270. The maximum absolute atomic E-state index is 11.8. The maximum atomic E-state index is 11.8. The lowest BCUT2D eigenvalue weighted by atomic mass is 10.5. The van der Waals surface area contributed by atoms with Crippen LogP contribution < -0.4 is 11.2 Å². The molecule has 6 nitrogen and oxygen atoms in total. The molecule has 86 valence electrons. The van der Waals surface area contributed by atoms with Gasteiger partial charge in [0, 0.05) is 19.5 Å². The molecule has 0 aliphatic rings. The third-order valence-corrected chi connectivity index (χ3v) is 2.60. The fourth-order valence-corrected chi connectivity index (χ4v) is 1.84. The Morgan fingerprint density at radius 2 is 2.12 bits per heavy atom. The van der Waals surface area contributed by atoms with Gasteiger partial charge in [-0.25, -0.2) is 4.79 Å². The summed E-state index contributed by atoms with van der Waals surface area (Å²) in [6.07, 6.45) is 0. The van der Waals surface area contributed by atoms with E-state index < -0.39 is 11.2 Å². The van der Waals surface area contributed by atoms with Crippen molar-refractivity contribution < 1.29 is 0 Å². The molecule has 2 aromatic rings. The van der Waals surface area contributed by atoms with Crippen LogP contribution in [-0.4, -0.2) is 25.0 Å². The minimum atomic E-state index is -0.457. The van der Waals surface area contributed by atoms with E-state index in [0.717, 1.165) is 4.57 Å². The molecule has 0 aliphatic heterocycles. The van der Waals surface area contributed by atoms with E-state index in [-0.39, 0.29) is 28.9 Å². The molecule has 0 radical (unpaired) electrons. The first-order valence-corrected chi connectivity index (χ1v) is 5.38. The lowest BCUT2D eigenvalue weighted by molar-refractivity contribution is 0.655. The van der Waals surface area contributed by atoms with Crippen LogP contribution in [0.4, 0.5) is 0 Å². The molecule has 0 aromatic carbocycles. The second-order valence-corrected chi connectivity index (χ2v) is 3.95. The van der Waals surface area contributed by atoms with E-state index >= 15 is 0 Å². The highest BCUT2D eigenvalue weighted by Gasteiger charge is 2.14. The molecule has 1 N–H and O–H groups in total. The Balaban J connectivity index is 2.97. The van der Waals surface area contributed by atoms with Crippen molar-refractivity contribution in [1.82, 2.24) is 19.1 Å². The van der Waals surface area contributed by atoms with Gasteiger partial charge in [-0.1, -0.05) is 0 Å². The summed E-state index contributed by atoms with van der Waals surface area (Å²) in [5.41, 5.74) is -0.470. The summed E-state index contributed by atoms with van der Waals surface area (Å²) < 4.78 is 2.30. The van der Waals surface area contributed by atoms with Crippen molar-refractivity contribution in [3.05, 3.63) is 26.1 Å². The number of nitrogens with one attached hydrogen (secondary N) is 1. The Kier molecular flexibility index (Phi) is 2.77. The van der Waals surface area contributed by atoms with Crippen LogP contribution >= 0.6 is 23.2 Å². The van der Waals surface area contributed by atoms with Crippen LogP contribution in [0.1, 0.15) is 0 Å². The van der Waals surface area contributed by atoms with Gasteiger partial charge in [-0.15, -0.1) is 11.6 Å². The highest BCUT2D eigenvalue weighted by Crippen LogP contribution is 2.09. The summed E-state index contributed by atoms with van der Waals surface area (Å²) >= 11 is 11.3. The van der Waals surface area contributed by atoms with Gasteiger partial charge in [0.05, 0.1) is 0 Å². The Morgan fingerprint density at radius 1 is 1.44 bits per heavy atom. The highest BCUT2D eigenvalue weighted by atomic mass is 35.5. The number of hydrogen-bond acceptors (Lipinski definition) is 3. The number of aromatic amines is 1. The second-order valence-electron chi connectivity index (χ2n) is 3.21. The van der Waals surface area contributed by atoms with Crippen LogP contribution in [0.2, 0.25) is 5.28 Å². The number of rotatable bonds is 2. The van der Waals surface area contributed by atoms with E-state index in [9.17, 15) is 9.59 Å². The first kappa shape index (κ1) is 11.2.